The molecule has 4 aromatic rings. The van der Waals surface area contributed by atoms with Crippen LogP contribution in [0.15, 0.2) is 65.1 Å². The predicted octanol–water partition coefficient (Wildman–Crippen LogP) is 5.94. The van der Waals surface area contributed by atoms with Gasteiger partial charge >= 0.3 is 7.60 Å². The average molecular weight is 473 g/mol. The van der Waals surface area contributed by atoms with Gasteiger partial charge in [-0.25, -0.2) is 0 Å². The first kappa shape index (κ1) is 19.9. The lowest BCUT2D eigenvalue weighted by atomic mass is 9.92. The number of phenolic OH excluding ortho intramolecular Hbond substituents is 2. The minimum Gasteiger partial charge on any atom is -0.507 e. The predicted molar refractivity (Wildman–Crippen MR) is 119 cm³/mol. The summed E-state index contributed by atoms with van der Waals surface area (Å²) in [7, 11) is -1.21. The Morgan fingerprint density at radius 3 is 2.21 bits per heavy atom. The third-order valence-electron chi connectivity index (χ3n) is 4.99. The Kier molecular flexibility index (Phi) is 5.13. The molecule has 0 aromatic heterocycles. The molecule has 0 spiro atoms. The lowest BCUT2D eigenvalue weighted by molar-refractivity contribution is 0.286. The number of phenols is 2. The highest BCUT2D eigenvalue weighted by atomic mass is 79.9. The second kappa shape index (κ2) is 7.47. The highest BCUT2D eigenvalue weighted by Gasteiger charge is 2.32. The molecule has 0 radical (unpaired) electrons. The van der Waals surface area contributed by atoms with Gasteiger partial charge in [0, 0.05) is 29.8 Å². The lowest BCUT2D eigenvalue weighted by Gasteiger charge is -2.20. The van der Waals surface area contributed by atoms with E-state index in [4.69, 9.17) is 9.05 Å². The first-order valence-electron chi connectivity index (χ1n) is 8.78. The fourth-order valence-corrected chi connectivity index (χ4v) is 5.20. The van der Waals surface area contributed by atoms with Crippen LogP contribution < -0.4 is 5.30 Å². The van der Waals surface area contributed by atoms with Gasteiger partial charge in [0.15, 0.2) is 0 Å². The van der Waals surface area contributed by atoms with E-state index in [2.05, 4.69) is 15.9 Å². The Hall–Kier alpha value is -2.37. The van der Waals surface area contributed by atoms with Gasteiger partial charge < -0.3 is 19.3 Å². The van der Waals surface area contributed by atoms with Crippen molar-refractivity contribution in [2.75, 3.05) is 14.2 Å². The molecular weight excluding hydrogens is 455 g/mol. The molecule has 29 heavy (non-hydrogen) atoms. The van der Waals surface area contributed by atoms with E-state index in [9.17, 15) is 14.8 Å². The van der Waals surface area contributed by atoms with Crippen molar-refractivity contribution < 1.29 is 23.8 Å². The van der Waals surface area contributed by atoms with E-state index in [0.717, 1.165) is 20.6 Å². The number of rotatable bonds is 4. The van der Waals surface area contributed by atoms with Crippen molar-refractivity contribution in [3.8, 4) is 22.6 Å². The normalized spacial score (nSPS) is 12.0. The Balaban J connectivity index is 2.20. The molecule has 4 aromatic carbocycles. The molecule has 0 saturated heterocycles. The molecule has 5 nitrogen and oxygen atoms in total. The monoisotopic (exact) mass is 472 g/mol. The molecular formula is C22H18BrO5P. The van der Waals surface area contributed by atoms with Gasteiger partial charge in [-0.1, -0.05) is 52.3 Å². The summed E-state index contributed by atoms with van der Waals surface area (Å²) in [6, 6.07) is 18.0. The van der Waals surface area contributed by atoms with Gasteiger partial charge in [0.1, 0.15) is 16.8 Å². The van der Waals surface area contributed by atoms with Crippen molar-refractivity contribution in [2.45, 2.75) is 0 Å². The van der Waals surface area contributed by atoms with Gasteiger partial charge in [-0.2, -0.15) is 0 Å². The highest BCUT2D eigenvalue weighted by molar-refractivity contribution is 9.10. The Morgan fingerprint density at radius 1 is 0.828 bits per heavy atom. The van der Waals surface area contributed by atoms with E-state index in [0.29, 0.717) is 16.5 Å². The standard InChI is InChI=1S/C22H18BrO5P/c1-27-29(26,28-2)19-12-13-5-3-4-6-16(13)21(22(19)25)20-17-9-8-15(23)11-14(17)7-10-18(20)24/h3-12,24-25H,1-2H3. The maximum absolute atomic E-state index is 13.1. The largest absolute Gasteiger partial charge is 0.507 e. The smallest absolute Gasteiger partial charge is 0.364 e. The van der Waals surface area contributed by atoms with Crippen molar-refractivity contribution in [3.63, 3.8) is 0 Å². The third kappa shape index (κ3) is 3.22. The van der Waals surface area contributed by atoms with Crippen LogP contribution in [0.2, 0.25) is 0 Å². The molecule has 4 rings (SSSR count). The van der Waals surface area contributed by atoms with E-state index >= 15 is 0 Å². The van der Waals surface area contributed by atoms with Crippen LogP contribution in [0.3, 0.4) is 0 Å². The second-order valence-electron chi connectivity index (χ2n) is 6.53. The first-order chi connectivity index (χ1) is 13.9. The molecule has 148 valence electrons. The van der Waals surface area contributed by atoms with Crippen LogP contribution in [0.25, 0.3) is 32.7 Å². The van der Waals surface area contributed by atoms with E-state index < -0.39 is 7.60 Å². The fraction of sp³-hybridized carbons (Fsp3) is 0.0909. The molecule has 0 aliphatic rings. The molecule has 0 aliphatic heterocycles. The Morgan fingerprint density at radius 2 is 1.48 bits per heavy atom. The summed E-state index contributed by atoms with van der Waals surface area (Å²) < 4.78 is 24.3. The second-order valence-corrected chi connectivity index (χ2v) is 9.65. The molecule has 0 atom stereocenters. The van der Waals surface area contributed by atoms with Gasteiger partial charge in [0.05, 0.1) is 0 Å². The van der Waals surface area contributed by atoms with E-state index in [1.165, 1.54) is 14.2 Å². The number of hydrogen-bond donors (Lipinski definition) is 2. The molecule has 0 bridgehead atoms. The maximum Gasteiger partial charge on any atom is 0.364 e. The molecule has 0 aliphatic carbocycles. The summed E-state index contributed by atoms with van der Waals surface area (Å²) in [5, 5.41) is 25.1. The van der Waals surface area contributed by atoms with E-state index in [1.54, 1.807) is 18.2 Å². The fourth-order valence-electron chi connectivity index (χ4n) is 3.61. The van der Waals surface area contributed by atoms with E-state index in [-0.39, 0.29) is 16.8 Å². The zero-order valence-electron chi connectivity index (χ0n) is 15.7. The van der Waals surface area contributed by atoms with Crippen LogP contribution in [0.1, 0.15) is 0 Å². The van der Waals surface area contributed by atoms with Crippen molar-refractivity contribution in [1.29, 1.82) is 0 Å². The number of halogens is 1. The molecule has 0 saturated carbocycles. The van der Waals surface area contributed by atoms with Crippen LogP contribution in [0.5, 0.6) is 11.5 Å². The van der Waals surface area contributed by atoms with Crippen molar-refractivity contribution in [2.24, 2.45) is 0 Å². The van der Waals surface area contributed by atoms with Crippen LogP contribution in [0, 0.1) is 0 Å². The number of aromatic hydroxyl groups is 2. The summed E-state index contributed by atoms with van der Waals surface area (Å²) in [4.78, 5) is 0. The number of fused-ring (bicyclic) bond motifs is 2. The van der Waals surface area contributed by atoms with Gasteiger partial charge in [-0.15, -0.1) is 0 Å². The molecule has 2 N–H and O–H groups in total. The zero-order valence-corrected chi connectivity index (χ0v) is 18.2. The summed E-state index contributed by atoms with van der Waals surface area (Å²) in [5.41, 5.74) is 0.821. The topological polar surface area (TPSA) is 76.0 Å². The van der Waals surface area contributed by atoms with Crippen LogP contribution in [-0.2, 0) is 13.6 Å². The minimum absolute atomic E-state index is 0.00194. The van der Waals surface area contributed by atoms with Crippen molar-refractivity contribution in [3.05, 3.63) is 65.1 Å². The molecule has 7 heteroatoms. The minimum atomic E-state index is -3.75. The van der Waals surface area contributed by atoms with Gasteiger partial charge in [0.2, 0.25) is 0 Å². The maximum atomic E-state index is 13.1. The number of hydrogen-bond acceptors (Lipinski definition) is 5. The zero-order chi connectivity index (χ0) is 20.8. The number of benzene rings is 4. The third-order valence-corrected chi connectivity index (χ3v) is 7.37. The molecule has 0 amide bonds. The summed E-state index contributed by atoms with van der Waals surface area (Å²) >= 11 is 3.46. The van der Waals surface area contributed by atoms with Gasteiger partial charge in [-0.3, -0.25) is 4.57 Å². The van der Waals surface area contributed by atoms with E-state index in [1.807, 2.05) is 42.5 Å². The first-order valence-corrected chi connectivity index (χ1v) is 11.1. The average Bonchev–Trinajstić information content (AvgIpc) is 2.73. The summed E-state index contributed by atoms with van der Waals surface area (Å²) in [5.74, 6) is -0.247. The summed E-state index contributed by atoms with van der Waals surface area (Å²) in [6.45, 7) is 0. The molecule has 0 heterocycles. The molecule has 0 fully saturated rings. The highest BCUT2D eigenvalue weighted by Crippen LogP contribution is 2.52. The SMILES string of the molecule is COP(=O)(OC)c1cc2ccccc2c(-c2c(O)ccc3cc(Br)ccc23)c1O. The molecule has 0 unspecified atom stereocenters. The Bertz CT molecular complexity index is 1290. The van der Waals surface area contributed by atoms with Crippen molar-refractivity contribution in [1.82, 2.24) is 0 Å². The Labute approximate surface area is 176 Å². The van der Waals surface area contributed by atoms with Crippen LogP contribution >= 0.6 is 23.5 Å². The summed E-state index contributed by atoms with van der Waals surface area (Å²) in [6.07, 6.45) is 0. The van der Waals surface area contributed by atoms with Gasteiger partial charge in [-0.05, 0) is 45.8 Å². The van der Waals surface area contributed by atoms with Gasteiger partial charge in [0.25, 0.3) is 0 Å². The van der Waals surface area contributed by atoms with Crippen LogP contribution in [0.4, 0.5) is 0 Å². The lowest BCUT2D eigenvalue weighted by Crippen LogP contribution is -2.10. The quantitative estimate of drug-likeness (QED) is 0.359. The van der Waals surface area contributed by atoms with Crippen molar-refractivity contribution >= 4 is 50.4 Å². The van der Waals surface area contributed by atoms with Crippen LogP contribution in [-0.4, -0.2) is 24.4 Å².